The molecule has 1 N–H and O–H groups in total. The van der Waals surface area contributed by atoms with E-state index in [1.165, 1.54) is 11.3 Å². The molecule has 112 valence electrons. The SMILES string of the molecule is CN(C)CCCC(=O)Nc1nnc(-c2ccccc2Cl)s1. The highest BCUT2D eigenvalue weighted by atomic mass is 35.5. The summed E-state index contributed by atoms with van der Waals surface area (Å²) in [7, 11) is 3.97. The minimum Gasteiger partial charge on any atom is -0.309 e. The molecule has 0 aliphatic rings. The van der Waals surface area contributed by atoms with Crippen molar-refractivity contribution >= 4 is 34.0 Å². The maximum Gasteiger partial charge on any atom is 0.226 e. The number of nitrogens with one attached hydrogen (secondary N) is 1. The summed E-state index contributed by atoms with van der Waals surface area (Å²) in [6, 6.07) is 7.44. The van der Waals surface area contributed by atoms with Crippen molar-refractivity contribution in [3.05, 3.63) is 29.3 Å². The van der Waals surface area contributed by atoms with Crippen LogP contribution in [0.4, 0.5) is 5.13 Å². The van der Waals surface area contributed by atoms with E-state index in [0.717, 1.165) is 18.5 Å². The zero-order valence-corrected chi connectivity index (χ0v) is 13.5. The summed E-state index contributed by atoms with van der Waals surface area (Å²) >= 11 is 7.44. The number of nitrogens with zero attached hydrogens (tertiary/aromatic N) is 3. The summed E-state index contributed by atoms with van der Waals surface area (Å²) in [5, 5.41) is 12.6. The largest absolute Gasteiger partial charge is 0.309 e. The van der Waals surface area contributed by atoms with Crippen LogP contribution < -0.4 is 5.32 Å². The lowest BCUT2D eigenvalue weighted by atomic mass is 10.2. The third-order valence-corrected chi connectivity index (χ3v) is 3.99. The number of hydrogen-bond acceptors (Lipinski definition) is 5. The van der Waals surface area contributed by atoms with Gasteiger partial charge in [-0.15, -0.1) is 10.2 Å². The van der Waals surface area contributed by atoms with Crippen LogP contribution in [0.5, 0.6) is 0 Å². The smallest absolute Gasteiger partial charge is 0.226 e. The van der Waals surface area contributed by atoms with Crippen molar-refractivity contribution in [2.24, 2.45) is 0 Å². The summed E-state index contributed by atoms with van der Waals surface area (Å²) in [6.07, 6.45) is 1.29. The number of amides is 1. The first-order valence-corrected chi connectivity index (χ1v) is 7.78. The molecular formula is C14H17ClN4OS. The number of anilines is 1. The molecule has 2 aromatic rings. The Labute approximate surface area is 133 Å². The minimum absolute atomic E-state index is 0.0429. The van der Waals surface area contributed by atoms with Gasteiger partial charge in [0.05, 0.1) is 5.02 Å². The van der Waals surface area contributed by atoms with Gasteiger partial charge in [0, 0.05) is 12.0 Å². The molecule has 0 aliphatic carbocycles. The fraction of sp³-hybridized carbons (Fsp3) is 0.357. The molecule has 1 aromatic carbocycles. The van der Waals surface area contributed by atoms with Gasteiger partial charge in [-0.2, -0.15) is 0 Å². The number of halogens is 1. The molecule has 0 saturated heterocycles. The number of rotatable bonds is 6. The van der Waals surface area contributed by atoms with Crippen LogP contribution >= 0.6 is 22.9 Å². The van der Waals surface area contributed by atoms with Crippen molar-refractivity contribution in [3.8, 4) is 10.6 Å². The summed E-state index contributed by atoms with van der Waals surface area (Å²) in [4.78, 5) is 13.8. The Morgan fingerprint density at radius 3 is 2.81 bits per heavy atom. The van der Waals surface area contributed by atoms with Crippen LogP contribution in [0.25, 0.3) is 10.6 Å². The van der Waals surface area contributed by atoms with Gasteiger partial charge in [0.25, 0.3) is 0 Å². The molecule has 1 aromatic heterocycles. The van der Waals surface area contributed by atoms with Gasteiger partial charge in [0.15, 0.2) is 5.01 Å². The Hall–Kier alpha value is -1.50. The van der Waals surface area contributed by atoms with Crippen LogP contribution in [0.1, 0.15) is 12.8 Å². The van der Waals surface area contributed by atoms with Crippen LogP contribution in [0.2, 0.25) is 5.02 Å². The van der Waals surface area contributed by atoms with Crippen molar-refractivity contribution < 1.29 is 4.79 Å². The second kappa shape index (κ2) is 7.49. The van der Waals surface area contributed by atoms with E-state index in [2.05, 4.69) is 15.5 Å². The molecule has 0 spiro atoms. The molecule has 0 aliphatic heterocycles. The lowest BCUT2D eigenvalue weighted by Gasteiger charge is -2.08. The monoisotopic (exact) mass is 324 g/mol. The van der Waals surface area contributed by atoms with E-state index in [9.17, 15) is 4.79 Å². The van der Waals surface area contributed by atoms with E-state index in [1.54, 1.807) is 6.07 Å². The fourth-order valence-corrected chi connectivity index (χ4v) is 2.84. The van der Waals surface area contributed by atoms with Crippen LogP contribution in [-0.4, -0.2) is 41.6 Å². The van der Waals surface area contributed by atoms with E-state index in [-0.39, 0.29) is 5.91 Å². The van der Waals surface area contributed by atoms with Gasteiger partial charge in [0.1, 0.15) is 0 Å². The maximum atomic E-state index is 11.8. The highest BCUT2D eigenvalue weighted by Gasteiger charge is 2.11. The Morgan fingerprint density at radius 1 is 1.33 bits per heavy atom. The molecule has 1 amide bonds. The first-order chi connectivity index (χ1) is 10.1. The molecule has 21 heavy (non-hydrogen) atoms. The Balaban J connectivity index is 1.94. The third-order valence-electron chi connectivity index (χ3n) is 2.78. The highest BCUT2D eigenvalue weighted by molar-refractivity contribution is 7.18. The van der Waals surface area contributed by atoms with Crippen molar-refractivity contribution in [3.63, 3.8) is 0 Å². The lowest BCUT2D eigenvalue weighted by Crippen LogP contribution is -2.17. The molecule has 1 heterocycles. The van der Waals surface area contributed by atoms with E-state index >= 15 is 0 Å². The van der Waals surface area contributed by atoms with E-state index in [1.807, 2.05) is 37.2 Å². The second-order valence-electron chi connectivity index (χ2n) is 4.85. The second-order valence-corrected chi connectivity index (χ2v) is 6.23. The van der Waals surface area contributed by atoms with E-state index < -0.39 is 0 Å². The van der Waals surface area contributed by atoms with Gasteiger partial charge in [-0.1, -0.05) is 41.1 Å². The highest BCUT2D eigenvalue weighted by Crippen LogP contribution is 2.31. The molecule has 0 radical (unpaired) electrons. The topological polar surface area (TPSA) is 58.1 Å². The van der Waals surface area contributed by atoms with Crippen LogP contribution in [0.15, 0.2) is 24.3 Å². The summed E-state index contributed by atoms with van der Waals surface area (Å²) in [5.41, 5.74) is 0.824. The molecule has 0 atom stereocenters. The zero-order chi connectivity index (χ0) is 15.2. The molecule has 2 rings (SSSR count). The van der Waals surface area contributed by atoms with Crippen LogP contribution in [-0.2, 0) is 4.79 Å². The third kappa shape index (κ3) is 4.77. The predicted octanol–water partition coefficient (Wildman–Crippen LogP) is 3.14. The van der Waals surface area contributed by atoms with Gasteiger partial charge < -0.3 is 10.2 Å². The first kappa shape index (κ1) is 15.9. The molecule has 0 unspecified atom stereocenters. The Morgan fingerprint density at radius 2 is 2.10 bits per heavy atom. The number of benzene rings is 1. The van der Waals surface area contributed by atoms with Gasteiger partial charge in [0.2, 0.25) is 11.0 Å². The normalized spacial score (nSPS) is 10.9. The lowest BCUT2D eigenvalue weighted by molar-refractivity contribution is -0.116. The van der Waals surface area contributed by atoms with Gasteiger partial charge in [-0.05, 0) is 33.1 Å². The van der Waals surface area contributed by atoms with E-state index in [4.69, 9.17) is 11.6 Å². The molecule has 0 saturated carbocycles. The summed E-state index contributed by atoms with van der Waals surface area (Å²) in [6.45, 7) is 0.883. The molecule has 7 heteroatoms. The standard InChI is InChI=1S/C14H17ClN4OS/c1-19(2)9-5-8-12(20)16-14-18-17-13(21-14)10-6-3-4-7-11(10)15/h3-4,6-7H,5,8-9H2,1-2H3,(H,16,18,20). The molecule has 0 fully saturated rings. The van der Waals surface area contributed by atoms with E-state index in [0.29, 0.717) is 21.6 Å². The molecule has 5 nitrogen and oxygen atoms in total. The Kier molecular flexibility index (Phi) is 5.67. The zero-order valence-electron chi connectivity index (χ0n) is 12.0. The first-order valence-electron chi connectivity index (χ1n) is 6.59. The number of carbonyl (C=O) groups excluding carboxylic acids is 1. The van der Waals surface area contributed by atoms with Crippen molar-refractivity contribution in [1.29, 1.82) is 0 Å². The number of carbonyl (C=O) groups is 1. The van der Waals surface area contributed by atoms with Gasteiger partial charge in [-0.3, -0.25) is 4.79 Å². The van der Waals surface area contributed by atoms with Crippen molar-refractivity contribution in [2.75, 3.05) is 26.0 Å². The number of aromatic nitrogens is 2. The quantitative estimate of drug-likeness (QED) is 0.887. The van der Waals surface area contributed by atoms with Crippen molar-refractivity contribution in [1.82, 2.24) is 15.1 Å². The predicted molar refractivity (Wildman–Crippen MR) is 86.8 cm³/mol. The fourth-order valence-electron chi connectivity index (χ4n) is 1.75. The summed E-state index contributed by atoms with van der Waals surface area (Å²) in [5.74, 6) is -0.0429. The molecular weight excluding hydrogens is 308 g/mol. The number of hydrogen-bond donors (Lipinski definition) is 1. The Bertz CT molecular complexity index is 615. The van der Waals surface area contributed by atoms with Gasteiger partial charge in [-0.25, -0.2) is 0 Å². The van der Waals surface area contributed by atoms with Crippen LogP contribution in [0.3, 0.4) is 0 Å². The average molecular weight is 325 g/mol. The van der Waals surface area contributed by atoms with Gasteiger partial charge >= 0.3 is 0 Å². The van der Waals surface area contributed by atoms with Crippen LogP contribution in [0, 0.1) is 0 Å². The summed E-state index contributed by atoms with van der Waals surface area (Å²) < 4.78 is 0. The average Bonchev–Trinajstić information content (AvgIpc) is 2.87. The minimum atomic E-state index is -0.0429. The van der Waals surface area contributed by atoms with Crippen molar-refractivity contribution in [2.45, 2.75) is 12.8 Å². The maximum absolute atomic E-state index is 11.8. The molecule has 0 bridgehead atoms.